The maximum atomic E-state index is 12.7. The Kier molecular flexibility index (Phi) is 9.74. The molecule has 4 heteroatoms. The summed E-state index contributed by atoms with van der Waals surface area (Å²) < 4.78 is 11.1. The first-order chi connectivity index (χ1) is 20.5. The smallest absolute Gasteiger partial charge is 0.331 e. The second-order valence-electron chi connectivity index (χ2n) is 15.5. The second-order valence-corrected chi connectivity index (χ2v) is 15.5. The first-order valence-electron chi connectivity index (χ1n) is 17.4. The van der Waals surface area contributed by atoms with Crippen LogP contribution in [0.5, 0.6) is 11.5 Å². The van der Waals surface area contributed by atoms with Crippen molar-refractivity contribution in [3.05, 3.63) is 41.5 Å². The van der Waals surface area contributed by atoms with Crippen molar-refractivity contribution in [1.29, 1.82) is 0 Å². The molecule has 0 saturated heterocycles. The van der Waals surface area contributed by atoms with Gasteiger partial charge in [-0.2, -0.15) is 0 Å². The lowest BCUT2D eigenvalue weighted by Crippen LogP contribution is -2.51. The van der Waals surface area contributed by atoms with Crippen molar-refractivity contribution in [2.75, 3.05) is 7.11 Å². The predicted molar refractivity (Wildman–Crippen MR) is 176 cm³/mol. The fourth-order valence-corrected chi connectivity index (χ4v) is 10.6. The average Bonchev–Trinajstić information content (AvgIpc) is 3.34. The van der Waals surface area contributed by atoms with Crippen molar-refractivity contribution >= 4 is 12.0 Å². The van der Waals surface area contributed by atoms with E-state index in [1.54, 1.807) is 29.8 Å². The van der Waals surface area contributed by atoms with Crippen LogP contribution in [0.25, 0.3) is 6.08 Å². The van der Waals surface area contributed by atoms with Crippen molar-refractivity contribution in [3.63, 3.8) is 0 Å². The summed E-state index contributed by atoms with van der Waals surface area (Å²) in [7, 11) is 1.52. The average molecular weight is 591 g/mol. The molecule has 238 valence electrons. The van der Waals surface area contributed by atoms with Gasteiger partial charge in [0.15, 0.2) is 11.5 Å². The summed E-state index contributed by atoms with van der Waals surface area (Å²) >= 11 is 0. The molecule has 0 radical (unpaired) electrons. The zero-order valence-corrected chi connectivity index (χ0v) is 28.0. The number of benzene rings is 1. The quantitative estimate of drug-likeness (QED) is 0.167. The van der Waals surface area contributed by atoms with Crippen LogP contribution in [-0.2, 0) is 9.53 Å². The van der Waals surface area contributed by atoms with E-state index in [4.69, 9.17) is 9.47 Å². The van der Waals surface area contributed by atoms with E-state index in [0.29, 0.717) is 11.2 Å². The van der Waals surface area contributed by atoms with Crippen molar-refractivity contribution in [3.8, 4) is 11.5 Å². The third kappa shape index (κ3) is 6.32. The van der Waals surface area contributed by atoms with Gasteiger partial charge in [-0.1, -0.05) is 72.1 Å². The molecule has 0 bridgehead atoms. The number of carbonyl (C=O) groups excluding carboxylic acids is 1. The summed E-state index contributed by atoms with van der Waals surface area (Å²) in [5.74, 6) is 6.01. The number of allylic oxidation sites excluding steroid dienone is 1. The normalized spacial score (nSPS) is 35.1. The number of carbonyl (C=O) groups is 1. The van der Waals surface area contributed by atoms with Crippen LogP contribution in [0.1, 0.15) is 118 Å². The molecular weight excluding hydrogens is 532 g/mol. The minimum Gasteiger partial charge on any atom is -0.504 e. The molecule has 0 heterocycles. The Labute approximate surface area is 261 Å². The molecule has 3 saturated carbocycles. The first kappa shape index (κ1) is 32.2. The Morgan fingerprint density at radius 1 is 1.07 bits per heavy atom. The molecule has 43 heavy (non-hydrogen) atoms. The van der Waals surface area contributed by atoms with Crippen LogP contribution in [0.2, 0.25) is 0 Å². The fourth-order valence-electron chi connectivity index (χ4n) is 10.6. The van der Waals surface area contributed by atoms with Crippen molar-refractivity contribution in [1.82, 2.24) is 0 Å². The Hall–Kier alpha value is -2.23. The Morgan fingerprint density at radius 3 is 2.58 bits per heavy atom. The minimum absolute atomic E-state index is 0.0502. The molecule has 0 amide bonds. The Balaban J connectivity index is 1.20. The molecule has 5 rings (SSSR count). The topological polar surface area (TPSA) is 55.8 Å². The van der Waals surface area contributed by atoms with Gasteiger partial charge in [-0.25, -0.2) is 4.79 Å². The van der Waals surface area contributed by atoms with Crippen LogP contribution >= 0.6 is 0 Å². The molecule has 0 aromatic heterocycles. The van der Waals surface area contributed by atoms with E-state index >= 15 is 0 Å². The summed E-state index contributed by atoms with van der Waals surface area (Å²) in [5, 5.41) is 9.82. The zero-order valence-electron chi connectivity index (χ0n) is 28.0. The van der Waals surface area contributed by atoms with Gasteiger partial charge in [-0.3, -0.25) is 0 Å². The lowest BCUT2D eigenvalue weighted by molar-refractivity contribution is -0.145. The lowest BCUT2D eigenvalue weighted by atomic mass is 9.47. The molecule has 4 aliphatic rings. The highest BCUT2D eigenvalue weighted by Crippen LogP contribution is 2.67. The summed E-state index contributed by atoms with van der Waals surface area (Å²) in [6.07, 6.45) is 19.6. The van der Waals surface area contributed by atoms with Gasteiger partial charge in [0.2, 0.25) is 0 Å². The van der Waals surface area contributed by atoms with E-state index in [9.17, 15) is 9.90 Å². The second kappa shape index (κ2) is 13.0. The van der Waals surface area contributed by atoms with Gasteiger partial charge in [0.25, 0.3) is 0 Å². The molecule has 4 nitrogen and oxygen atoms in total. The van der Waals surface area contributed by atoms with E-state index in [1.807, 2.05) is 0 Å². The predicted octanol–water partition coefficient (Wildman–Crippen LogP) is 10.0. The number of phenolic OH excluding ortho intramolecular Hbond substituents is 1. The van der Waals surface area contributed by atoms with Crippen molar-refractivity contribution in [2.24, 2.45) is 52.3 Å². The maximum absolute atomic E-state index is 12.7. The van der Waals surface area contributed by atoms with E-state index in [-0.39, 0.29) is 23.2 Å². The highest BCUT2D eigenvalue weighted by Gasteiger charge is 2.59. The highest BCUT2D eigenvalue weighted by atomic mass is 16.5. The van der Waals surface area contributed by atoms with Crippen LogP contribution < -0.4 is 4.74 Å². The van der Waals surface area contributed by atoms with E-state index in [2.05, 4.69) is 47.6 Å². The van der Waals surface area contributed by atoms with Crippen molar-refractivity contribution < 1.29 is 19.4 Å². The summed E-state index contributed by atoms with van der Waals surface area (Å²) in [6.45, 7) is 15.0. The van der Waals surface area contributed by atoms with Crippen LogP contribution in [0.15, 0.2) is 35.9 Å². The Morgan fingerprint density at radius 2 is 1.86 bits per heavy atom. The van der Waals surface area contributed by atoms with Gasteiger partial charge in [0, 0.05) is 12.5 Å². The summed E-state index contributed by atoms with van der Waals surface area (Å²) in [4.78, 5) is 12.7. The van der Waals surface area contributed by atoms with Crippen LogP contribution in [0.4, 0.5) is 0 Å². The van der Waals surface area contributed by atoms with Crippen LogP contribution in [0, 0.1) is 52.3 Å². The maximum Gasteiger partial charge on any atom is 0.331 e. The number of rotatable bonds is 10. The third-order valence-corrected chi connectivity index (χ3v) is 13.2. The third-order valence-electron chi connectivity index (χ3n) is 13.2. The van der Waals surface area contributed by atoms with Crippen molar-refractivity contribution in [2.45, 2.75) is 118 Å². The van der Waals surface area contributed by atoms with Gasteiger partial charge in [0.05, 0.1) is 7.11 Å². The first-order valence-corrected chi connectivity index (χ1v) is 17.4. The largest absolute Gasteiger partial charge is 0.504 e. The van der Waals surface area contributed by atoms with Crippen LogP contribution in [0.3, 0.4) is 0 Å². The molecule has 0 aliphatic heterocycles. The SMILES string of the molecule is CCC(CCC(C)C1CCC2C3CC=C4CC(OC(=O)/C=C/c5ccc(O)c(OC)c5)CCC4(C)C3CCC12C)C(C)C. The monoisotopic (exact) mass is 590 g/mol. The molecule has 1 aromatic carbocycles. The molecule has 1 N–H and O–H groups in total. The molecule has 0 spiro atoms. The molecule has 1 aromatic rings. The molecule has 4 aliphatic carbocycles. The van der Waals surface area contributed by atoms with Crippen LogP contribution in [-0.4, -0.2) is 24.3 Å². The molecular formula is C39H58O4. The van der Waals surface area contributed by atoms with Gasteiger partial charge >= 0.3 is 5.97 Å². The fraction of sp³-hybridized carbons (Fsp3) is 0.718. The zero-order chi connectivity index (χ0) is 30.9. The number of hydrogen-bond donors (Lipinski definition) is 1. The Bertz CT molecular complexity index is 1200. The number of hydrogen-bond acceptors (Lipinski definition) is 4. The van der Waals surface area contributed by atoms with E-state index in [1.165, 1.54) is 64.6 Å². The molecule has 3 fully saturated rings. The van der Waals surface area contributed by atoms with Gasteiger partial charge in [0.1, 0.15) is 6.10 Å². The van der Waals surface area contributed by atoms with Gasteiger partial charge in [-0.05, 0) is 127 Å². The van der Waals surface area contributed by atoms with E-state index in [0.717, 1.165) is 66.3 Å². The summed E-state index contributed by atoms with van der Waals surface area (Å²) in [5.41, 5.74) is 3.09. The minimum atomic E-state index is -0.298. The number of fused-ring (bicyclic) bond motifs is 5. The molecule has 9 unspecified atom stereocenters. The highest BCUT2D eigenvalue weighted by molar-refractivity contribution is 5.87. The number of esters is 1. The van der Waals surface area contributed by atoms with Gasteiger partial charge < -0.3 is 14.6 Å². The molecule has 9 atom stereocenters. The number of phenols is 1. The number of aromatic hydroxyl groups is 1. The van der Waals surface area contributed by atoms with E-state index < -0.39 is 0 Å². The number of ether oxygens (including phenoxy) is 2. The lowest BCUT2D eigenvalue weighted by Gasteiger charge is -2.58. The number of methoxy groups -OCH3 is 1. The summed E-state index contributed by atoms with van der Waals surface area (Å²) in [6, 6.07) is 5.05. The van der Waals surface area contributed by atoms with Gasteiger partial charge in [-0.15, -0.1) is 0 Å². The standard InChI is InChI=1S/C39H58O4/c1-8-28(25(2)3)12-9-26(4)32-15-16-33-31-14-13-29-24-30(19-21-38(29,5)34(31)20-22-39(32,33)6)43-37(41)18-11-27-10-17-35(40)36(23-27)42-7/h10-11,13,17-18,23,25-26,28,30-34,40H,8-9,12,14-16,19-22,24H2,1-7H3/b18-11+.